The second kappa shape index (κ2) is 5.48. The lowest BCUT2D eigenvalue weighted by Gasteiger charge is -2.11. The standard InChI is InChI=1S/C13H20N4OS/c1-16-4-3-10(9-16)7-14-8-11-12(18-2)15-13-17(11)5-6-19-13/h5-6,10,14H,3-4,7-9H2,1-2H3. The maximum atomic E-state index is 5.35. The molecule has 1 aliphatic rings. The van der Waals surface area contributed by atoms with E-state index < -0.39 is 0 Å². The molecule has 0 bridgehead atoms. The Hall–Kier alpha value is -1.11. The molecule has 1 saturated heterocycles. The van der Waals surface area contributed by atoms with Gasteiger partial charge in [0.1, 0.15) is 5.69 Å². The monoisotopic (exact) mass is 280 g/mol. The molecule has 1 N–H and O–H groups in total. The first-order chi connectivity index (χ1) is 9.28. The minimum atomic E-state index is 0.739. The SMILES string of the molecule is COc1nc2sccn2c1CNCC1CCN(C)C1. The van der Waals surface area contributed by atoms with Crippen LogP contribution in [0.5, 0.6) is 5.88 Å². The Morgan fingerprint density at radius 2 is 2.47 bits per heavy atom. The molecular weight excluding hydrogens is 260 g/mol. The summed E-state index contributed by atoms with van der Waals surface area (Å²) in [6.45, 7) is 4.29. The number of rotatable bonds is 5. The lowest BCUT2D eigenvalue weighted by atomic mass is 10.1. The molecule has 104 valence electrons. The average Bonchev–Trinajstić information content (AvgIpc) is 3.06. The fraction of sp³-hybridized carbons (Fsp3) is 0.615. The number of imidazole rings is 1. The number of aromatic nitrogens is 2. The van der Waals surface area contributed by atoms with Crippen LogP contribution in [0.25, 0.3) is 4.96 Å². The number of thiazole rings is 1. The van der Waals surface area contributed by atoms with E-state index in [4.69, 9.17) is 4.74 Å². The van der Waals surface area contributed by atoms with Crippen molar-refractivity contribution in [2.24, 2.45) is 5.92 Å². The predicted octanol–water partition coefficient (Wildman–Crippen LogP) is 1.45. The second-order valence-electron chi connectivity index (χ2n) is 5.17. The van der Waals surface area contributed by atoms with Gasteiger partial charge in [-0.1, -0.05) is 0 Å². The zero-order valence-electron chi connectivity index (χ0n) is 11.4. The Morgan fingerprint density at radius 3 is 3.21 bits per heavy atom. The molecule has 0 amide bonds. The number of methoxy groups -OCH3 is 1. The summed E-state index contributed by atoms with van der Waals surface area (Å²) in [5, 5.41) is 5.60. The second-order valence-corrected chi connectivity index (χ2v) is 6.04. The van der Waals surface area contributed by atoms with Crippen molar-refractivity contribution in [2.75, 3.05) is 33.8 Å². The number of ether oxygens (including phenoxy) is 1. The molecular formula is C13H20N4OS. The van der Waals surface area contributed by atoms with Crippen LogP contribution in [0.1, 0.15) is 12.1 Å². The van der Waals surface area contributed by atoms with E-state index in [1.165, 1.54) is 19.5 Å². The Bertz CT molecular complexity index is 550. The molecule has 2 aromatic heterocycles. The van der Waals surface area contributed by atoms with Gasteiger partial charge in [0, 0.05) is 24.7 Å². The third kappa shape index (κ3) is 2.61. The first kappa shape index (κ1) is 12.9. The van der Waals surface area contributed by atoms with Crippen molar-refractivity contribution in [3.8, 4) is 5.88 Å². The topological polar surface area (TPSA) is 41.8 Å². The Labute approximate surface area is 117 Å². The number of hydrogen-bond donors (Lipinski definition) is 1. The van der Waals surface area contributed by atoms with Gasteiger partial charge in [0.15, 0.2) is 4.96 Å². The van der Waals surface area contributed by atoms with Gasteiger partial charge in [-0.25, -0.2) is 0 Å². The molecule has 0 aromatic carbocycles. The van der Waals surface area contributed by atoms with E-state index in [-0.39, 0.29) is 0 Å². The minimum absolute atomic E-state index is 0.739. The van der Waals surface area contributed by atoms with Gasteiger partial charge in [0.05, 0.1) is 7.11 Å². The third-order valence-electron chi connectivity index (χ3n) is 3.73. The molecule has 1 aliphatic heterocycles. The maximum Gasteiger partial charge on any atom is 0.237 e. The van der Waals surface area contributed by atoms with E-state index in [1.54, 1.807) is 18.4 Å². The predicted molar refractivity (Wildman–Crippen MR) is 76.9 cm³/mol. The number of hydrogen-bond acceptors (Lipinski definition) is 5. The summed E-state index contributed by atoms with van der Waals surface area (Å²) in [7, 11) is 3.87. The van der Waals surface area contributed by atoms with Gasteiger partial charge in [-0.15, -0.1) is 11.3 Å². The van der Waals surface area contributed by atoms with Gasteiger partial charge in [-0.3, -0.25) is 4.40 Å². The quantitative estimate of drug-likeness (QED) is 0.900. The molecule has 3 heterocycles. The van der Waals surface area contributed by atoms with Crippen molar-refractivity contribution in [1.29, 1.82) is 0 Å². The molecule has 0 spiro atoms. The van der Waals surface area contributed by atoms with Gasteiger partial charge in [-0.05, 0) is 32.5 Å². The number of nitrogens with zero attached hydrogens (tertiary/aromatic N) is 3. The molecule has 1 atom stereocenters. The van der Waals surface area contributed by atoms with Crippen molar-refractivity contribution in [1.82, 2.24) is 19.6 Å². The highest BCUT2D eigenvalue weighted by Crippen LogP contribution is 2.23. The normalized spacial score (nSPS) is 20.4. The Morgan fingerprint density at radius 1 is 1.58 bits per heavy atom. The van der Waals surface area contributed by atoms with E-state index in [0.717, 1.165) is 35.5 Å². The van der Waals surface area contributed by atoms with Gasteiger partial charge in [0.2, 0.25) is 5.88 Å². The maximum absolute atomic E-state index is 5.35. The summed E-state index contributed by atoms with van der Waals surface area (Å²) < 4.78 is 7.46. The van der Waals surface area contributed by atoms with Crippen molar-refractivity contribution >= 4 is 16.3 Å². The van der Waals surface area contributed by atoms with E-state index in [0.29, 0.717) is 0 Å². The summed E-state index contributed by atoms with van der Waals surface area (Å²) in [4.78, 5) is 7.85. The van der Waals surface area contributed by atoms with Gasteiger partial charge in [0.25, 0.3) is 0 Å². The summed E-state index contributed by atoms with van der Waals surface area (Å²) >= 11 is 1.63. The molecule has 19 heavy (non-hydrogen) atoms. The van der Waals surface area contributed by atoms with Crippen LogP contribution in [0.2, 0.25) is 0 Å². The fourth-order valence-electron chi connectivity index (χ4n) is 2.72. The molecule has 2 aromatic rings. The van der Waals surface area contributed by atoms with Crippen molar-refractivity contribution < 1.29 is 4.74 Å². The molecule has 6 heteroatoms. The first-order valence-corrected chi connectivity index (χ1v) is 7.53. The molecule has 0 saturated carbocycles. The van der Waals surface area contributed by atoms with Gasteiger partial charge < -0.3 is 15.0 Å². The summed E-state index contributed by atoms with van der Waals surface area (Å²) in [5.74, 6) is 1.50. The molecule has 1 unspecified atom stereocenters. The first-order valence-electron chi connectivity index (χ1n) is 6.65. The van der Waals surface area contributed by atoms with Gasteiger partial charge >= 0.3 is 0 Å². The highest BCUT2D eigenvalue weighted by Gasteiger charge is 2.19. The largest absolute Gasteiger partial charge is 0.480 e. The lowest BCUT2D eigenvalue weighted by molar-refractivity contribution is 0.381. The number of fused-ring (bicyclic) bond motifs is 1. The van der Waals surface area contributed by atoms with E-state index in [9.17, 15) is 0 Å². The number of likely N-dealkylation sites (tertiary alicyclic amines) is 1. The zero-order valence-corrected chi connectivity index (χ0v) is 12.2. The van der Waals surface area contributed by atoms with Crippen LogP contribution < -0.4 is 10.1 Å². The lowest BCUT2D eigenvalue weighted by Crippen LogP contribution is -2.25. The van der Waals surface area contributed by atoms with Crippen molar-refractivity contribution in [3.05, 3.63) is 17.3 Å². The van der Waals surface area contributed by atoms with Gasteiger partial charge in [-0.2, -0.15) is 4.98 Å². The molecule has 3 rings (SSSR count). The average molecular weight is 280 g/mol. The van der Waals surface area contributed by atoms with Crippen LogP contribution in [-0.4, -0.2) is 48.1 Å². The smallest absolute Gasteiger partial charge is 0.237 e. The summed E-state index contributed by atoms with van der Waals surface area (Å²) in [6, 6.07) is 0. The summed E-state index contributed by atoms with van der Waals surface area (Å²) in [6.07, 6.45) is 3.34. The third-order valence-corrected chi connectivity index (χ3v) is 4.49. The minimum Gasteiger partial charge on any atom is -0.480 e. The molecule has 0 radical (unpaired) electrons. The van der Waals surface area contributed by atoms with Crippen LogP contribution in [-0.2, 0) is 6.54 Å². The van der Waals surface area contributed by atoms with E-state index >= 15 is 0 Å². The van der Waals surface area contributed by atoms with E-state index in [1.807, 2.05) is 0 Å². The van der Waals surface area contributed by atoms with Crippen LogP contribution in [0.3, 0.4) is 0 Å². The highest BCUT2D eigenvalue weighted by atomic mass is 32.1. The highest BCUT2D eigenvalue weighted by molar-refractivity contribution is 7.15. The molecule has 5 nitrogen and oxygen atoms in total. The van der Waals surface area contributed by atoms with E-state index in [2.05, 4.69) is 38.2 Å². The molecule has 0 aliphatic carbocycles. The fourth-order valence-corrected chi connectivity index (χ4v) is 3.45. The number of nitrogens with one attached hydrogen (secondary N) is 1. The Kier molecular flexibility index (Phi) is 3.72. The van der Waals surface area contributed by atoms with Crippen LogP contribution in [0, 0.1) is 5.92 Å². The van der Waals surface area contributed by atoms with Crippen molar-refractivity contribution in [3.63, 3.8) is 0 Å². The van der Waals surface area contributed by atoms with Crippen LogP contribution in [0.15, 0.2) is 11.6 Å². The van der Waals surface area contributed by atoms with Crippen molar-refractivity contribution in [2.45, 2.75) is 13.0 Å². The van der Waals surface area contributed by atoms with Crippen LogP contribution >= 0.6 is 11.3 Å². The molecule has 1 fully saturated rings. The Balaban J connectivity index is 1.62. The van der Waals surface area contributed by atoms with Crippen LogP contribution in [0.4, 0.5) is 0 Å². The zero-order chi connectivity index (χ0) is 13.2. The summed E-state index contributed by atoms with van der Waals surface area (Å²) in [5.41, 5.74) is 1.12.